The summed E-state index contributed by atoms with van der Waals surface area (Å²) in [6.45, 7) is -2.93. The third kappa shape index (κ3) is 3.44. The zero-order chi connectivity index (χ0) is 12.8. The van der Waals surface area contributed by atoms with Crippen LogP contribution in [-0.2, 0) is 0 Å². The largest absolute Gasteiger partial charge is 0.433 e. The number of nitrogens with one attached hydrogen (secondary N) is 2. The minimum Gasteiger partial charge on any atom is -0.433 e. The minimum absolute atomic E-state index is 0.0960. The van der Waals surface area contributed by atoms with E-state index in [1.807, 2.05) is 0 Å². The van der Waals surface area contributed by atoms with Gasteiger partial charge in [0.2, 0.25) is 0 Å². The van der Waals surface area contributed by atoms with Gasteiger partial charge in [0.15, 0.2) is 0 Å². The maximum absolute atomic E-state index is 12.1. The number of ether oxygens (including phenoxy) is 1. The summed E-state index contributed by atoms with van der Waals surface area (Å²) in [7, 11) is 1.68. The predicted molar refractivity (Wildman–Crippen MR) is 63.3 cm³/mol. The van der Waals surface area contributed by atoms with Gasteiger partial charge < -0.3 is 21.2 Å². The predicted octanol–water partition coefficient (Wildman–Crippen LogP) is 2.08. The van der Waals surface area contributed by atoms with Gasteiger partial charge in [0, 0.05) is 25.0 Å². The molecule has 0 aliphatic carbocycles. The molecule has 0 amide bonds. The molecule has 0 radical (unpaired) electrons. The van der Waals surface area contributed by atoms with Crippen molar-refractivity contribution < 1.29 is 13.5 Å². The Morgan fingerprint density at radius 2 is 2.24 bits per heavy atom. The van der Waals surface area contributed by atoms with Crippen LogP contribution in [0.3, 0.4) is 0 Å². The van der Waals surface area contributed by atoms with Crippen molar-refractivity contribution in [3.63, 3.8) is 0 Å². The van der Waals surface area contributed by atoms with Crippen molar-refractivity contribution in [3.8, 4) is 5.75 Å². The van der Waals surface area contributed by atoms with Crippen LogP contribution < -0.4 is 15.8 Å². The zero-order valence-corrected chi connectivity index (χ0v) is 9.21. The molecule has 4 nitrogen and oxygen atoms in total. The van der Waals surface area contributed by atoms with Gasteiger partial charge in [0.05, 0.1) is 5.69 Å². The van der Waals surface area contributed by atoms with Gasteiger partial charge in [-0.15, -0.1) is 0 Å². The molecule has 0 aliphatic heterocycles. The number of halogens is 2. The molecule has 4 N–H and O–H groups in total. The summed E-state index contributed by atoms with van der Waals surface area (Å²) in [4.78, 5) is 0. The summed E-state index contributed by atoms with van der Waals surface area (Å²) in [5.74, 6) is -0.0960. The fourth-order valence-electron chi connectivity index (χ4n) is 1.28. The Morgan fingerprint density at radius 1 is 1.53 bits per heavy atom. The highest BCUT2D eigenvalue weighted by Crippen LogP contribution is 2.27. The van der Waals surface area contributed by atoms with E-state index in [0.29, 0.717) is 11.1 Å². The fourth-order valence-corrected chi connectivity index (χ4v) is 1.28. The molecule has 0 fully saturated rings. The first-order chi connectivity index (χ1) is 8.08. The van der Waals surface area contributed by atoms with E-state index >= 15 is 0 Å². The SMILES string of the molecule is CN/C=C(\C=N)c1ccc(N)c(OC(F)F)c1. The Bertz CT molecular complexity index is 433. The number of nitrogens with two attached hydrogens (primary N) is 1. The van der Waals surface area contributed by atoms with Gasteiger partial charge in [-0.2, -0.15) is 8.78 Å². The Morgan fingerprint density at radius 3 is 2.76 bits per heavy atom. The average Bonchev–Trinajstić information content (AvgIpc) is 2.28. The van der Waals surface area contributed by atoms with Crippen molar-refractivity contribution in [2.75, 3.05) is 12.8 Å². The second-order valence-electron chi connectivity index (χ2n) is 3.16. The van der Waals surface area contributed by atoms with Crippen LogP contribution in [0.25, 0.3) is 5.57 Å². The highest BCUT2D eigenvalue weighted by molar-refractivity contribution is 6.08. The second-order valence-corrected chi connectivity index (χ2v) is 3.16. The molecule has 0 saturated carbocycles. The molecule has 6 heteroatoms. The molecule has 0 spiro atoms. The van der Waals surface area contributed by atoms with E-state index < -0.39 is 6.61 Å². The van der Waals surface area contributed by atoms with Crippen LogP contribution in [0.2, 0.25) is 0 Å². The Hall–Kier alpha value is -2.11. The van der Waals surface area contributed by atoms with E-state index in [9.17, 15) is 8.78 Å². The van der Waals surface area contributed by atoms with Crippen LogP contribution in [0.5, 0.6) is 5.75 Å². The molecule has 0 atom stereocenters. The van der Waals surface area contributed by atoms with Gasteiger partial charge in [-0.3, -0.25) is 0 Å². The second kappa shape index (κ2) is 5.83. The molecule has 0 aromatic heterocycles. The van der Waals surface area contributed by atoms with Crippen LogP contribution in [0.15, 0.2) is 24.4 Å². The summed E-state index contributed by atoms with van der Waals surface area (Å²) in [5, 5.41) is 9.97. The summed E-state index contributed by atoms with van der Waals surface area (Å²) < 4.78 is 28.5. The molecule has 1 aromatic carbocycles. The topological polar surface area (TPSA) is 71.1 Å². The number of anilines is 1. The summed E-state index contributed by atoms with van der Waals surface area (Å²) in [6, 6.07) is 4.46. The standard InChI is InChI=1S/C11H13F2N3O/c1-16-6-8(5-14)7-2-3-9(15)10(4-7)17-11(12)13/h2-6,11,14,16H,15H2,1H3/b8-6+,14-5?. The minimum atomic E-state index is -2.93. The zero-order valence-electron chi connectivity index (χ0n) is 9.21. The molecule has 92 valence electrons. The van der Waals surface area contributed by atoms with Crippen LogP contribution >= 0.6 is 0 Å². The Kier molecular flexibility index (Phi) is 4.45. The quantitative estimate of drug-likeness (QED) is 0.546. The fraction of sp³-hybridized carbons (Fsp3) is 0.182. The van der Waals surface area contributed by atoms with Crippen LogP contribution in [0.1, 0.15) is 5.56 Å². The molecule has 0 aliphatic rings. The molecule has 0 saturated heterocycles. The van der Waals surface area contributed by atoms with E-state index in [-0.39, 0.29) is 11.4 Å². The third-order valence-corrected chi connectivity index (χ3v) is 2.02. The van der Waals surface area contributed by atoms with Crippen LogP contribution in [-0.4, -0.2) is 19.9 Å². The van der Waals surface area contributed by atoms with Crippen molar-refractivity contribution in [2.24, 2.45) is 0 Å². The lowest BCUT2D eigenvalue weighted by molar-refractivity contribution is -0.0493. The summed E-state index contributed by atoms with van der Waals surface area (Å²) >= 11 is 0. The summed E-state index contributed by atoms with van der Waals surface area (Å²) in [5.41, 5.74) is 6.73. The van der Waals surface area contributed by atoms with Crippen molar-refractivity contribution in [1.82, 2.24) is 5.32 Å². The molecule has 1 rings (SSSR count). The van der Waals surface area contributed by atoms with E-state index in [4.69, 9.17) is 11.1 Å². The highest BCUT2D eigenvalue weighted by atomic mass is 19.3. The normalized spacial score (nSPS) is 11.4. The molecule has 0 bridgehead atoms. The first-order valence-corrected chi connectivity index (χ1v) is 4.81. The average molecular weight is 241 g/mol. The number of allylic oxidation sites excluding steroid dienone is 1. The van der Waals surface area contributed by atoms with Crippen molar-refractivity contribution in [1.29, 1.82) is 5.41 Å². The van der Waals surface area contributed by atoms with Crippen molar-refractivity contribution in [3.05, 3.63) is 30.0 Å². The van der Waals surface area contributed by atoms with E-state index in [1.165, 1.54) is 12.1 Å². The first kappa shape index (κ1) is 13.0. The van der Waals surface area contributed by atoms with Gasteiger partial charge in [-0.05, 0) is 17.7 Å². The number of hydrogen-bond acceptors (Lipinski definition) is 4. The molecule has 17 heavy (non-hydrogen) atoms. The smallest absolute Gasteiger partial charge is 0.387 e. The van der Waals surface area contributed by atoms with Gasteiger partial charge >= 0.3 is 6.61 Å². The van der Waals surface area contributed by atoms with Crippen molar-refractivity contribution in [2.45, 2.75) is 6.61 Å². The maximum Gasteiger partial charge on any atom is 0.387 e. The highest BCUT2D eigenvalue weighted by Gasteiger charge is 2.09. The van der Waals surface area contributed by atoms with E-state index in [0.717, 1.165) is 6.21 Å². The molecule has 1 aromatic rings. The molecule has 0 heterocycles. The van der Waals surface area contributed by atoms with E-state index in [2.05, 4.69) is 10.1 Å². The molecule has 0 unspecified atom stereocenters. The number of alkyl halides is 2. The summed E-state index contributed by atoms with van der Waals surface area (Å²) in [6.07, 6.45) is 2.68. The van der Waals surface area contributed by atoms with Crippen LogP contribution in [0.4, 0.5) is 14.5 Å². The lowest BCUT2D eigenvalue weighted by atomic mass is 10.1. The van der Waals surface area contributed by atoms with Gasteiger partial charge in [-0.1, -0.05) is 6.07 Å². The van der Waals surface area contributed by atoms with Gasteiger partial charge in [0.25, 0.3) is 0 Å². The maximum atomic E-state index is 12.1. The molecular weight excluding hydrogens is 228 g/mol. The van der Waals surface area contributed by atoms with Crippen LogP contribution in [0, 0.1) is 5.41 Å². The number of nitrogen functional groups attached to an aromatic ring is 1. The Balaban J connectivity index is 3.10. The lowest BCUT2D eigenvalue weighted by Crippen LogP contribution is -2.05. The molecular formula is C11H13F2N3O. The van der Waals surface area contributed by atoms with Crippen molar-refractivity contribution >= 4 is 17.5 Å². The first-order valence-electron chi connectivity index (χ1n) is 4.81. The Labute approximate surface area is 97.6 Å². The van der Waals surface area contributed by atoms with E-state index in [1.54, 1.807) is 19.3 Å². The number of hydrogen-bond donors (Lipinski definition) is 3. The number of rotatable bonds is 5. The lowest BCUT2D eigenvalue weighted by Gasteiger charge is -2.10. The monoisotopic (exact) mass is 241 g/mol. The van der Waals surface area contributed by atoms with Gasteiger partial charge in [-0.25, -0.2) is 0 Å². The number of benzene rings is 1. The third-order valence-electron chi connectivity index (χ3n) is 2.02. The van der Waals surface area contributed by atoms with Gasteiger partial charge in [0.1, 0.15) is 5.75 Å².